The summed E-state index contributed by atoms with van der Waals surface area (Å²) in [4.78, 5) is 23.1. The first-order valence-electron chi connectivity index (χ1n) is 7.76. The molecule has 2 N–H and O–H groups in total. The van der Waals surface area contributed by atoms with Crippen molar-refractivity contribution in [3.05, 3.63) is 30.6 Å². The molecule has 8 heteroatoms. The minimum Gasteiger partial charge on any atom is -0.479 e. The average Bonchev–Trinajstić information content (AvgIpc) is 3.24. The monoisotopic (exact) mass is 330 g/mol. The largest absolute Gasteiger partial charge is 0.479 e. The molecule has 2 heterocycles. The Labute approximate surface area is 138 Å². The van der Waals surface area contributed by atoms with Gasteiger partial charge < -0.3 is 19.7 Å². The van der Waals surface area contributed by atoms with E-state index in [1.807, 2.05) is 23.6 Å². The van der Waals surface area contributed by atoms with Crippen LogP contribution < -0.4 is 5.32 Å². The summed E-state index contributed by atoms with van der Waals surface area (Å²) in [5.74, 6) is -0.657. The fourth-order valence-corrected chi connectivity index (χ4v) is 2.68. The molecule has 2 aromatic rings. The number of aliphatic carboxylic acids is 1. The number of hydrogen-bond donors (Lipinski definition) is 2. The number of nitrogens with zero attached hydrogens (tertiary/aromatic N) is 3. The lowest BCUT2D eigenvalue weighted by Crippen LogP contribution is -2.29. The second-order valence-corrected chi connectivity index (χ2v) is 5.54. The van der Waals surface area contributed by atoms with Crippen molar-refractivity contribution in [1.82, 2.24) is 14.8 Å². The molecule has 24 heavy (non-hydrogen) atoms. The van der Waals surface area contributed by atoms with Gasteiger partial charge in [-0.25, -0.2) is 4.79 Å². The summed E-state index contributed by atoms with van der Waals surface area (Å²) < 4.78 is 7.16. The molecular weight excluding hydrogens is 312 g/mol. The van der Waals surface area contributed by atoms with Crippen molar-refractivity contribution < 1.29 is 19.4 Å². The van der Waals surface area contributed by atoms with E-state index < -0.39 is 18.2 Å². The second kappa shape index (κ2) is 6.79. The number of carboxylic acid groups (broad SMARTS) is 1. The van der Waals surface area contributed by atoms with E-state index in [1.54, 1.807) is 18.5 Å². The number of carbonyl (C=O) groups is 2. The van der Waals surface area contributed by atoms with Gasteiger partial charge in [-0.2, -0.15) is 0 Å². The molecule has 2 atom stereocenters. The maximum absolute atomic E-state index is 12.2. The summed E-state index contributed by atoms with van der Waals surface area (Å²) in [6.45, 7) is 2.74. The Hall–Kier alpha value is -2.74. The fraction of sp³-hybridized carbons (Fsp3) is 0.375. The summed E-state index contributed by atoms with van der Waals surface area (Å²) in [5.41, 5.74) is 1.44. The van der Waals surface area contributed by atoms with Crippen molar-refractivity contribution in [2.24, 2.45) is 0 Å². The van der Waals surface area contributed by atoms with E-state index in [0.717, 1.165) is 17.9 Å². The molecule has 1 aliphatic heterocycles. The normalized spacial score (nSPS) is 20.0. The Balaban J connectivity index is 1.71. The molecule has 1 aromatic heterocycles. The van der Waals surface area contributed by atoms with E-state index in [-0.39, 0.29) is 5.91 Å². The van der Waals surface area contributed by atoms with Crippen LogP contribution in [0.25, 0.3) is 11.4 Å². The Morgan fingerprint density at radius 2 is 2.17 bits per heavy atom. The predicted molar refractivity (Wildman–Crippen MR) is 85.3 cm³/mol. The lowest BCUT2D eigenvalue weighted by atomic mass is 10.1. The molecule has 0 radical (unpaired) electrons. The summed E-state index contributed by atoms with van der Waals surface area (Å²) in [7, 11) is 0. The maximum atomic E-state index is 12.2. The smallest absolute Gasteiger partial charge is 0.332 e. The van der Waals surface area contributed by atoms with Crippen LogP contribution in [0.4, 0.5) is 5.69 Å². The van der Waals surface area contributed by atoms with Gasteiger partial charge in [-0.15, -0.1) is 10.2 Å². The molecule has 0 unspecified atom stereocenters. The van der Waals surface area contributed by atoms with Crippen molar-refractivity contribution in [3.8, 4) is 11.4 Å². The van der Waals surface area contributed by atoms with Crippen LogP contribution in [-0.4, -0.2) is 44.0 Å². The average molecular weight is 330 g/mol. The minimum absolute atomic E-state index is 0.340. The molecule has 0 bridgehead atoms. The molecule has 126 valence electrons. The molecule has 8 nitrogen and oxygen atoms in total. The van der Waals surface area contributed by atoms with Crippen molar-refractivity contribution in [2.45, 2.75) is 38.5 Å². The second-order valence-electron chi connectivity index (χ2n) is 5.54. The summed E-state index contributed by atoms with van der Waals surface area (Å²) in [5, 5.41) is 19.7. The standard InChI is InChI=1S/C16H18N4O4/c1-2-20-9-17-19-14(20)10-4-3-5-11(8-10)18-15(21)12-6-7-13(24-12)16(22)23/h3-5,8-9,12-13H,2,6-7H2,1H3,(H,18,21)(H,22,23)/t12-,13+/m0/s1. The van der Waals surface area contributed by atoms with Gasteiger partial charge in [0.25, 0.3) is 5.91 Å². The van der Waals surface area contributed by atoms with Crippen LogP contribution in [0.3, 0.4) is 0 Å². The van der Waals surface area contributed by atoms with Gasteiger partial charge in [0.2, 0.25) is 0 Å². The van der Waals surface area contributed by atoms with Gasteiger partial charge in [-0.3, -0.25) is 4.79 Å². The molecule has 0 spiro atoms. The van der Waals surface area contributed by atoms with Crippen LogP contribution in [0.2, 0.25) is 0 Å². The Morgan fingerprint density at radius 1 is 1.38 bits per heavy atom. The number of nitrogens with one attached hydrogen (secondary N) is 1. The van der Waals surface area contributed by atoms with E-state index in [4.69, 9.17) is 9.84 Å². The number of carbonyl (C=O) groups excluding carboxylic acids is 1. The lowest BCUT2D eigenvalue weighted by molar-refractivity contribution is -0.150. The van der Waals surface area contributed by atoms with E-state index in [0.29, 0.717) is 18.5 Å². The Kier molecular flexibility index (Phi) is 4.57. The van der Waals surface area contributed by atoms with Gasteiger partial charge in [-0.05, 0) is 31.9 Å². The number of amides is 1. The van der Waals surface area contributed by atoms with Crippen LogP contribution in [0.5, 0.6) is 0 Å². The number of hydrogen-bond acceptors (Lipinski definition) is 5. The first kappa shape index (κ1) is 16.1. The molecule has 1 amide bonds. The number of aromatic nitrogens is 3. The van der Waals surface area contributed by atoms with Gasteiger partial charge in [0, 0.05) is 17.8 Å². The molecule has 1 aromatic carbocycles. The number of rotatable bonds is 5. The summed E-state index contributed by atoms with van der Waals surface area (Å²) >= 11 is 0. The SMILES string of the molecule is CCn1cnnc1-c1cccc(NC(=O)[C@@H]2CC[C@H](C(=O)O)O2)c1. The van der Waals surface area contributed by atoms with Gasteiger partial charge in [0.15, 0.2) is 11.9 Å². The van der Waals surface area contributed by atoms with Crippen LogP contribution in [0.15, 0.2) is 30.6 Å². The maximum Gasteiger partial charge on any atom is 0.332 e. The zero-order chi connectivity index (χ0) is 17.1. The van der Waals surface area contributed by atoms with E-state index >= 15 is 0 Å². The third-order valence-corrected chi connectivity index (χ3v) is 3.93. The summed E-state index contributed by atoms with van der Waals surface area (Å²) in [6.07, 6.45) is 0.739. The lowest BCUT2D eigenvalue weighted by Gasteiger charge is -2.12. The topological polar surface area (TPSA) is 106 Å². The highest BCUT2D eigenvalue weighted by atomic mass is 16.5. The zero-order valence-electron chi connectivity index (χ0n) is 13.2. The van der Waals surface area contributed by atoms with Crippen LogP contribution in [0, 0.1) is 0 Å². The van der Waals surface area contributed by atoms with E-state index in [1.165, 1.54) is 0 Å². The molecular formula is C16H18N4O4. The van der Waals surface area contributed by atoms with Gasteiger partial charge in [0.05, 0.1) is 0 Å². The quantitative estimate of drug-likeness (QED) is 0.861. The molecule has 1 aliphatic rings. The third-order valence-electron chi connectivity index (χ3n) is 3.93. The first-order valence-corrected chi connectivity index (χ1v) is 7.76. The van der Waals surface area contributed by atoms with Crippen LogP contribution in [-0.2, 0) is 20.9 Å². The summed E-state index contributed by atoms with van der Waals surface area (Å²) in [6, 6.07) is 7.27. The van der Waals surface area contributed by atoms with Crippen molar-refractivity contribution >= 4 is 17.6 Å². The molecule has 0 aliphatic carbocycles. The number of anilines is 1. The zero-order valence-corrected chi connectivity index (χ0v) is 13.2. The molecule has 1 fully saturated rings. The Bertz CT molecular complexity index is 758. The number of ether oxygens (including phenoxy) is 1. The predicted octanol–water partition coefficient (Wildman–Crippen LogP) is 1.54. The van der Waals surface area contributed by atoms with Gasteiger partial charge >= 0.3 is 5.97 Å². The van der Waals surface area contributed by atoms with E-state index in [9.17, 15) is 9.59 Å². The highest BCUT2D eigenvalue weighted by Crippen LogP contribution is 2.24. The third kappa shape index (κ3) is 3.28. The molecule has 3 rings (SSSR count). The molecule has 0 saturated carbocycles. The van der Waals surface area contributed by atoms with Gasteiger partial charge in [0.1, 0.15) is 12.4 Å². The highest BCUT2D eigenvalue weighted by molar-refractivity contribution is 5.95. The van der Waals surface area contributed by atoms with Crippen molar-refractivity contribution in [1.29, 1.82) is 0 Å². The number of aryl methyl sites for hydroxylation is 1. The Morgan fingerprint density at radius 3 is 2.88 bits per heavy atom. The first-order chi connectivity index (χ1) is 11.6. The van der Waals surface area contributed by atoms with Crippen molar-refractivity contribution in [3.63, 3.8) is 0 Å². The van der Waals surface area contributed by atoms with Crippen LogP contribution >= 0.6 is 0 Å². The molecule has 1 saturated heterocycles. The number of benzene rings is 1. The minimum atomic E-state index is -1.04. The van der Waals surface area contributed by atoms with E-state index in [2.05, 4.69) is 15.5 Å². The number of carboxylic acids is 1. The highest BCUT2D eigenvalue weighted by Gasteiger charge is 2.34. The fourth-order valence-electron chi connectivity index (χ4n) is 2.68. The van der Waals surface area contributed by atoms with Crippen LogP contribution in [0.1, 0.15) is 19.8 Å². The van der Waals surface area contributed by atoms with Gasteiger partial charge in [-0.1, -0.05) is 12.1 Å². The van der Waals surface area contributed by atoms with Crippen molar-refractivity contribution in [2.75, 3.05) is 5.32 Å².